The predicted molar refractivity (Wildman–Crippen MR) is 79.1 cm³/mol. The fourth-order valence-corrected chi connectivity index (χ4v) is 2.97. The smallest absolute Gasteiger partial charge is 0.0857 e. The first-order chi connectivity index (χ1) is 8.36. The summed E-state index contributed by atoms with van der Waals surface area (Å²) in [5, 5.41) is 8.00. The van der Waals surface area contributed by atoms with Gasteiger partial charge in [0.15, 0.2) is 0 Å². The summed E-state index contributed by atoms with van der Waals surface area (Å²) in [4.78, 5) is 1.32. The van der Waals surface area contributed by atoms with Gasteiger partial charge in [-0.3, -0.25) is 0 Å². The molecule has 0 bridgehead atoms. The summed E-state index contributed by atoms with van der Waals surface area (Å²) in [5.74, 6) is 0.675. The van der Waals surface area contributed by atoms with E-state index < -0.39 is 0 Å². The number of hydrogen-bond donors (Lipinski definition) is 1. The molecule has 3 nitrogen and oxygen atoms in total. The van der Waals surface area contributed by atoms with Crippen molar-refractivity contribution >= 4 is 11.5 Å². The summed E-state index contributed by atoms with van der Waals surface area (Å²) in [6, 6.07) is 0.402. The van der Waals surface area contributed by atoms with Crippen molar-refractivity contribution in [1.82, 2.24) is 14.9 Å². The van der Waals surface area contributed by atoms with E-state index in [9.17, 15) is 0 Å². The monoisotopic (exact) mass is 269 g/mol. The van der Waals surface area contributed by atoms with Crippen molar-refractivity contribution < 1.29 is 0 Å². The van der Waals surface area contributed by atoms with Crippen LogP contribution in [0.5, 0.6) is 0 Å². The molecule has 0 aliphatic rings. The summed E-state index contributed by atoms with van der Waals surface area (Å²) in [6.07, 6.45) is 2.30. The molecule has 0 saturated carbocycles. The standard InChI is InChI=1S/C14H27N3S/c1-7-8-15-11(9-10(2)3)12-13(14(4,5)6)16-17-18-12/h10-11,15H,7-9H2,1-6H3. The molecule has 0 aromatic carbocycles. The number of rotatable bonds is 6. The van der Waals surface area contributed by atoms with Gasteiger partial charge >= 0.3 is 0 Å². The van der Waals surface area contributed by atoms with Gasteiger partial charge in [-0.25, -0.2) is 0 Å². The van der Waals surface area contributed by atoms with Crippen molar-refractivity contribution in [2.24, 2.45) is 5.92 Å². The van der Waals surface area contributed by atoms with E-state index >= 15 is 0 Å². The van der Waals surface area contributed by atoms with Crippen molar-refractivity contribution in [2.45, 2.75) is 65.8 Å². The summed E-state index contributed by atoms with van der Waals surface area (Å²) < 4.78 is 4.18. The highest BCUT2D eigenvalue weighted by molar-refractivity contribution is 7.05. The summed E-state index contributed by atoms with van der Waals surface area (Å²) in [5.41, 5.74) is 1.23. The minimum atomic E-state index is 0.0749. The third-order valence-corrected chi connectivity index (χ3v) is 3.73. The second-order valence-electron chi connectivity index (χ2n) is 6.37. The first-order valence-electron chi connectivity index (χ1n) is 6.92. The fourth-order valence-electron chi connectivity index (χ4n) is 2.02. The molecule has 0 fully saturated rings. The Hall–Kier alpha value is -0.480. The average Bonchev–Trinajstić information content (AvgIpc) is 2.71. The zero-order chi connectivity index (χ0) is 13.8. The lowest BCUT2D eigenvalue weighted by Gasteiger charge is -2.23. The second kappa shape index (κ2) is 6.62. The van der Waals surface area contributed by atoms with Crippen molar-refractivity contribution in [1.29, 1.82) is 0 Å². The topological polar surface area (TPSA) is 37.8 Å². The summed E-state index contributed by atoms with van der Waals surface area (Å²) in [6.45, 7) is 14.4. The van der Waals surface area contributed by atoms with Gasteiger partial charge in [-0.1, -0.05) is 46.0 Å². The quantitative estimate of drug-likeness (QED) is 0.850. The molecular weight excluding hydrogens is 242 g/mol. The largest absolute Gasteiger partial charge is 0.309 e. The van der Waals surface area contributed by atoms with Crippen molar-refractivity contribution in [2.75, 3.05) is 6.54 Å². The zero-order valence-electron chi connectivity index (χ0n) is 12.6. The molecule has 0 aliphatic heterocycles. The third-order valence-electron chi connectivity index (χ3n) is 2.89. The maximum absolute atomic E-state index is 4.35. The van der Waals surface area contributed by atoms with Crippen molar-refractivity contribution in [3.05, 3.63) is 10.6 Å². The van der Waals surface area contributed by atoms with E-state index in [1.54, 1.807) is 11.5 Å². The highest BCUT2D eigenvalue weighted by Gasteiger charge is 2.27. The van der Waals surface area contributed by atoms with Crippen LogP contribution < -0.4 is 5.32 Å². The molecule has 1 aromatic rings. The van der Waals surface area contributed by atoms with Gasteiger partial charge < -0.3 is 5.32 Å². The first kappa shape index (κ1) is 15.6. The summed E-state index contributed by atoms with van der Waals surface area (Å²) >= 11 is 1.55. The molecule has 0 saturated heterocycles. The molecule has 1 atom stereocenters. The highest BCUT2D eigenvalue weighted by atomic mass is 32.1. The number of nitrogens with one attached hydrogen (secondary N) is 1. The average molecular weight is 269 g/mol. The van der Waals surface area contributed by atoms with Crippen LogP contribution in [-0.4, -0.2) is 16.1 Å². The van der Waals surface area contributed by atoms with E-state index in [1.807, 2.05) is 0 Å². The van der Waals surface area contributed by atoms with Gasteiger partial charge in [0.2, 0.25) is 0 Å². The van der Waals surface area contributed by atoms with Gasteiger partial charge in [0, 0.05) is 11.5 Å². The van der Waals surface area contributed by atoms with Crippen molar-refractivity contribution in [3.8, 4) is 0 Å². The molecule has 1 aromatic heterocycles. The van der Waals surface area contributed by atoms with E-state index in [0.717, 1.165) is 25.1 Å². The molecule has 0 amide bonds. The van der Waals surface area contributed by atoms with E-state index in [1.165, 1.54) is 4.88 Å². The number of nitrogens with zero attached hydrogens (tertiary/aromatic N) is 2. The van der Waals surface area contributed by atoms with Crippen LogP contribution >= 0.6 is 11.5 Å². The van der Waals surface area contributed by atoms with Crippen LogP contribution in [0.15, 0.2) is 0 Å². The van der Waals surface area contributed by atoms with E-state index in [2.05, 4.69) is 56.4 Å². The lowest BCUT2D eigenvalue weighted by Crippen LogP contribution is -2.26. The van der Waals surface area contributed by atoms with Gasteiger partial charge in [-0.2, -0.15) is 0 Å². The van der Waals surface area contributed by atoms with Crippen LogP contribution in [0.2, 0.25) is 0 Å². The Labute approximate surface area is 116 Å². The zero-order valence-corrected chi connectivity index (χ0v) is 13.4. The maximum atomic E-state index is 4.35. The van der Waals surface area contributed by atoms with Crippen LogP contribution in [0.4, 0.5) is 0 Å². The van der Waals surface area contributed by atoms with Crippen molar-refractivity contribution in [3.63, 3.8) is 0 Å². The Morgan fingerprint density at radius 2 is 1.94 bits per heavy atom. The highest BCUT2D eigenvalue weighted by Crippen LogP contribution is 2.33. The van der Waals surface area contributed by atoms with Gasteiger partial charge in [-0.15, -0.1) is 5.10 Å². The molecule has 0 spiro atoms. The molecule has 18 heavy (non-hydrogen) atoms. The second-order valence-corrected chi connectivity index (χ2v) is 7.16. The molecule has 1 rings (SSSR count). The minimum absolute atomic E-state index is 0.0749. The SMILES string of the molecule is CCCNC(CC(C)C)c1snnc1C(C)(C)C. The molecule has 0 aliphatic carbocycles. The van der Waals surface area contributed by atoms with Crippen LogP contribution in [0.25, 0.3) is 0 Å². The molecule has 104 valence electrons. The lowest BCUT2D eigenvalue weighted by molar-refractivity contribution is 0.425. The van der Waals surface area contributed by atoms with E-state index in [4.69, 9.17) is 0 Å². The van der Waals surface area contributed by atoms with Crippen LogP contribution in [0.1, 0.15) is 71.0 Å². The molecule has 4 heteroatoms. The Balaban J connectivity index is 2.94. The van der Waals surface area contributed by atoms with Gasteiger partial charge in [0.1, 0.15) is 0 Å². The van der Waals surface area contributed by atoms with Crippen LogP contribution in [0.3, 0.4) is 0 Å². The van der Waals surface area contributed by atoms with Gasteiger partial charge in [0.05, 0.1) is 10.6 Å². The van der Waals surface area contributed by atoms with Crippen LogP contribution in [-0.2, 0) is 5.41 Å². The third kappa shape index (κ3) is 4.32. The maximum Gasteiger partial charge on any atom is 0.0857 e. The number of hydrogen-bond acceptors (Lipinski definition) is 4. The Bertz CT molecular complexity index is 352. The minimum Gasteiger partial charge on any atom is -0.309 e. The normalized spacial score (nSPS) is 14.2. The molecule has 1 unspecified atom stereocenters. The van der Waals surface area contributed by atoms with Gasteiger partial charge in [0.25, 0.3) is 0 Å². The fraction of sp³-hybridized carbons (Fsp3) is 0.857. The molecular formula is C14H27N3S. The first-order valence-corrected chi connectivity index (χ1v) is 7.69. The Kier molecular flexibility index (Phi) is 5.73. The summed E-state index contributed by atoms with van der Waals surface area (Å²) in [7, 11) is 0. The molecule has 1 N–H and O–H groups in total. The van der Waals surface area contributed by atoms with E-state index in [0.29, 0.717) is 12.0 Å². The van der Waals surface area contributed by atoms with Crippen LogP contribution in [0, 0.1) is 5.92 Å². The van der Waals surface area contributed by atoms with E-state index in [-0.39, 0.29) is 5.41 Å². The Morgan fingerprint density at radius 1 is 1.28 bits per heavy atom. The number of aromatic nitrogens is 2. The van der Waals surface area contributed by atoms with Gasteiger partial charge in [-0.05, 0) is 36.8 Å². The molecule has 0 radical (unpaired) electrons. The Morgan fingerprint density at radius 3 is 2.44 bits per heavy atom. The lowest BCUT2D eigenvalue weighted by atomic mass is 9.88. The molecule has 1 heterocycles. The predicted octanol–water partition coefficient (Wildman–Crippen LogP) is 3.92.